The summed E-state index contributed by atoms with van der Waals surface area (Å²) in [4.78, 5) is 35.2. The molecule has 1 rings (SSSR count). The SMILES string of the molecule is CCC(O)COC(=O)/C=C\C(=O)OCCN1CCNC1=O. The number of amides is 2. The number of esters is 2. The van der Waals surface area contributed by atoms with Gasteiger partial charge in [0, 0.05) is 25.2 Å². The molecule has 8 nitrogen and oxygen atoms in total. The van der Waals surface area contributed by atoms with E-state index >= 15 is 0 Å². The Balaban J connectivity index is 2.15. The third-order valence-electron chi connectivity index (χ3n) is 2.80. The van der Waals surface area contributed by atoms with Gasteiger partial charge < -0.3 is 24.8 Å². The van der Waals surface area contributed by atoms with Crippen LogP contribution in [-0.4, -0.2) is 66.9 Å². The number of carbonyl (C=O) groups excluding carboxylic acids is 3. The van der Waals surface area contributed by atoms with E-state index in [2.05, 4.69) is 5.32 Å². The molecule has 0 aromatic rings. The molecule has 0 spiro atoms. The molecular weight excluding hydrogens is 280 g/mol. The fourth-order valence-electron chi connectivity index (χ4n) is 1.51. The smallest absolute Gasteiger partial charge is 0.331 e. The average molecular weight is 300 g/mol. The number of ether oxygens (including phenoxy) is 2. The molecule has 1 fully saturated rings. The third-order valence-corrected chi connectivity index (χ3v) is 2.80. The topological polar surface area (TPSA) is 105 Å². The average Bonchev–Trinajstić information content (AvgIpc) is 2.88. The minimum absolute atomic E-state index is 0.0557. The number of hydrogen-bond donors (Lipinski definition) is 2. The summed E-state index contributed by atoms with van der Waals surface area (Å²) in [6.45, 7) is 3.17. The second-order valence-corrected chi connectivity index (χ2v) is 4.41. The maximum Gasteiger partial charge on any atom is 0.331 e. The summed E-state index contributed by atoms with van der Waals surface area (Å²) in [5.41, 5.74) is 0. The first-order valence-electron chi connectivity index (χ1n) is 6.75. The summed E-state index contributed by atoms with van der Waals surface area (Å²) < 4.78 is 9.55. The van der Waals surface area contributed by atoms with Crippen molar-refractivity contribution in [2.45, 2.75) is 19.4 Å². The Bertz CT molecular complexity index is 409. The molecule has 1 heterocycles. The summed E-state index contributed by atoms with van der Waals surface area (Å²) in [6, 6.07) is -0.181. The van der Waals surface area contributed by atoms with Crippen molar-refractivity contribution in [2.24, 2.45) is 0 Å². The van der Waals surface area contributed by atoms with E-state index in [1.807, 2.05) is 0 Å². The van der Waals surface area contributed by atoms with Crippen molar-refractivity contribution in [2.75, 3.05) is 32.8 Å². The maximum absolute atomic E-state index is 11.3. The van der Waals surface area contributed by atoms with Gasteiger partial charge in [-0.3, -0.25) is 0 Å². The first-order chi connectivity index (χ1) is 10.0. The molecule has 21 heavy (non-hydrogen) atoms. The van der Waals surface area contributed by atoms with Gasteiger partial charge >= 0.3 is 18.0 Å². The maximum atomic E-state index is 11.3. The van der Waals surface area contributed by atoms with E-state index in [9.17, 15) is 19.5 Å². The lowest BCUT2D eigenvalue weighted by Crippen LogP contribution is -2.31. The minimum Gasteiger partial charge on any atom is -0.461 e. The molecule has 2 amide bonds. The third kappa shape index (κ3) is 6.75. The van der Waals surface area contributed by atoms with Crippen LogP contribution in [0.1, 0.15) is 13.3 Å². The van der Waals surface area contributed by atoms with Crippen LogP contribution in [0.15, 0.2) is 12.2 Å². The number of urea groups is 1. The Hall–Kier alpha value is -2.09. The van der Waals surface area contributed by atoms with E-state index < -0.39 is 18.0 Å². The molecule has 1 aliphatic rings. The van der Waals surface area contributed by atoms with Crippen LogP contribution in [0.4, 0.5) is 4.79 Å². The van der Waals surface area contributed by atoms with Gasteiger partial charge in [-0.05, 0) is 6.42 Å². The first kappa shape index (κ1) is 17.0. The predicted molar refractivity (Wildman–Crippen MR) is 72.3 cm³/mol. The number of aliphatic hydroxyl groups is 1. The van der Waals surface area contributed by atoms with E-state index in [1.54, 1.807) is 6.92 Å². The zero-order chi connectivity index (χ0) is 15.7. The summed E-state index contributed by atoms with van der Waals surface area (Å²) in [5.74, 6) is -1.42. The Morgan fingerprint density at radius 2 is 2.05 bits per heavy atom. The van der Waals surface area contributed by atoms with Crippen molar-refractivity contribution in [3.8, 4) is 0 Å². The first-order valence-corrected chi connectivity index (χ1v) is 6.75. The largest absolute Gasteiger partial charge is 0.461 e. The van der Waals surface area contributed by atoms with Gasteiger partial charge in [-0.2, -0.15) is 0 Å². The van der Waals surface area contributed by atoms with Gasteiger partial charge in [0.2, 0.25) is 0 Å². The summed E-state index contributed by atoms with van der Waals surface area (Å²) in [7, 11) is 0. The summed E-state index contributed by atoms with van der Waals surface area (Å²) in [6.07, 6.45) is 1.65. The van der Waals surface area contributed by atoms with Gasteiger partial charge in [-0.15, -0.1) is 0 Å². The second-order valence-electron chi connectivity index (χ2n) is 4.41. The van der Waals surface area contributed by atoms with Crippen molar-refractivity contribution < 1.29 is 29.0 Å². The Labute approximate surface area is 122 Å². The van der Waals surface area contributed by atoms with Crippen molar-refractivity contribution in [3.63, 3.8) is 0 Å². The van der Waals surface area contributed by atoms with Crippen molar-refractivity contribution >= 4 is 18.0 Å². The lowest BCUT2D eigenvalue weighted by Gasteiger charge is -2.13. The van der Waals surface area contributed by atoms with Crippen LogP contribution < -0.4 is 5.32 Å². The monoisotopic (exact) mass is 300 g/mol. The van der Waals surface area contributed by atoms with E-state index in [0.29, 0.717) is 26.1 Å². The van der Waals surface area contributed by atoms with Crippen molar-refractivity contribution in [1.82, 2.24) is 10.2 Å². The zero-order valence-electron chi connectivity index (χ0n) is 11.9. The normalized spacial score (nSPS) is 15.9. The molecule has 0 aromatic heterocycles. The highest BCUT2D eigenvalue weighted by Crippen LogP contribution is 1.96. The van der Waals surface area contributed by atoms with Crippen LogP contribution in [0, 0.1) is 0 Å². The summed E-state index contributed by atoms with van der Waals surface area (Å²) >= 11 is 0. The van der Waals surface area contributed by atoms with Crippen LogP contribution in [-0.2, 0) is 19.1 Å². The van der Waals surface area contributed by atoms with Crippen molar-refractivity contribution in [3.05, 3.63) is 12.2 Å². The molecule has 2 N–H and O–H groups in total. The molecule has 0 aliphatic carbocycles. The predicted octanol–water partition coefficient (Wildman–Crippen LogP) is -0.575. The van der Waals surface area contributed by atoms with Gasteiger partial charge in [0.1, 0.15) is 13.2 Å². The molecule has 1 saturated heterocycles. The standard InChI is InChI=1S/C13H20N2O6/c1-2-10(16)9-21-12(18)4-3-11(17)20-8-7-15-6-5-14-13(15)19/h3-4,10,16H,2,5-9H2,1H3,(H,14,19)/b4-3-. The van der Waals surface area contributed by atoms with Gasteiger partial charge in [0.25, 0.3) is 0 Å². The number of carbonyl (C=O) groups is 3. The molecule has 1 unspecified atom stereocenters. The highest BCUT2D eigenvalue weighted by atomic mass is 16.5. The van der Waals surface area contributed by atoms with Crippen LogP contribution in [0.5, 0.6) is 0 Å². The van der Waals surface area contributed by atoms with Gasteiger partial charge in [0.15, 0.2) is 0 Å². The number of rotatable bonds is 8. The second kappa shape index (κ2) is 8.96. The quantitative estimate of drug-likeness (QED) is 0.459. The molecule has 118 valence electrons. The van der Waals surface area contributed by atoms with E-state index in [1.165, 1.54) is 4.90 Å². The van der Waals surface area contributed by atoms with Crippen LogP contribution in [0.3, 0.4) is 0 Å². The van der Waals surface area contributed by atoms with Crippen LogP contribution >= 0.6 is 0 Å². The van der Waals surface area contributed by atoms with Gasteiger partial charge in [-0.25, -0.2) is 14.4 Å². The van der Waals surface area contributed by atoms with Crippen molar-refractivity contribution in [1.29, 1.82) is 0 Å². The number of nitrogens with zero attached hydrogens (tertiary/aromatic N) is 1. The number of hydrogen-bond acceptors (Lipinski definition) is 6. The Morgan fingerprint density at radius 3 is 2.62 bits per heavy atom. The van der Waals surface area contributed by atoms with Crippen LogP contribution in [0.25, 0.3) is 0 Å². The lowest BCUT2D eigenvalue weighted by molar-refractivity contribution is -0.142. The van der Waals surface area contributed by atoms with Gasteiger partial charge in [-0.1, -0.05) is 6.92 Å². The Morgan fingerprint density at radius 1 is 1.38 bits per heavy atom. The summed E-state index contributed by atoms with van der Waals surface area (Å²) in [5, 5.41) is 11.8. The fraction of sp³-hybridized carbons (Fsp3) is 0.615. The molecule has 1 aliphatic heterocycles. The lowest BCUT2D eigenvalue weighted by atomic mass is 10.3. The molecular formula is C13H20N2O6. The highest BCUT2D eigenvalue weighted by molar-refractivity contribution is 5.91. The molecule has 0 saturated carbocycles. The fourth-order valence-corrected chi connectivity index (χ4v) is 1.51. The molecule has 0 aromatic carbocycles. The van der Waals surface area contributed by atoms with E-state index in [-0.39, 0.29) is 19.2 Å². The minimum atomic E-state index is -0.724. The number of nitrogens with one attached hydrogen (secondary N) is 1. The Kier molecular flexibility index (Phi) is 7.24. The zero-order valence-corrected chi connectivity index (χ0v) is 11.9. The van der Waals surface area contributed by atoms with E-state index in [0.717, 1.165) is 12.2 Å². The highest BCUT2D eigenvalue weighted by Gasteiger charge is 2.18. The molecule has 0 bridgehead atoms. The van der Waals surface area contributed by atoms with Crippen LogP contribution in [0.2, 0.25) is 0 Å². The number of aliphatic hydroxyl groups excluding tert-OH is 1. The molecule has 0 radical (unpaired) electrons. The van der Waals surface area contributed by atoms with E-state index in [4.69, 9.17) is 9.47 Å². The molecule has 8 heteroatoms. The van der Waals surface area contributed by atoms with Gasteiger partial charge in [0.05, 0.1) is 12.6 Å². The molecule has 1 atom stereocenters.